The summed E-state index contributed by atoms with van der Waals surface area (Å²) in [6.07, 6.45) is 9.72. The highest BCUT2D eigenvalue weighted by molar-refractivity contribution is 9.10. The number of nitrogens with zero attached hydrogens (tertiary/aromatic N) is 5. The lowest BCUT2D eigenvalue weighted by Gasteiger charge is -2.12. The van der Waals surface area contributed by atoms with Crippen molar-refractivity contribution in [1.82, 2.24) is 24.6 Å². The Hall–Kier alpha value is -3.00. The van der Waals surface area contributed by atoms with E-state index in [0.29, 0.717) is 31.3 Å². The van der Waals surface area contributed by atoms with Gasteiger partial charge in [-0.15, -0.1) is 0 Å². The van der Waals surface area contributed by atoms with Gasteiger partial charge < -0.3 is 9.47 Å². The largest absolute Gasteiger partial charge is 0.488 e. The summed E-state index contributed by atoms with van der Waals surface area (Å²) in [4.78, 5) is 13.2. The summed E-state index contributed by atoms with van der Waals surface area (Å²) in [5.41, 5.74) is 4.78. The highest BCUT2D eigenvalue weighted by Crippen LogP contribution is 2.28. The molecular formula is C21H20BrN5O2. The van der Waals surface area contributed by atoms with Crippen molar-refractivity contribution < 1.29 is 9.47 Å². The number of rotatable bonds is 7. The number of pyridine rings is 2. The number of fused-ring (bicyclic) bond motifs is 1. The van der Waals surface area contributed by atoms with E-state index in [2.05, 4.69) is 36.0 Å². The van der Waals surface area contributed by atoms with Gasteiger partial charge in [-0.1, -0.05) is 6.07 Å². The molecule has 4 aromatic heterocycles. The zero-order valence-corrected chi connectivity index (χ0v) is 17.8. The molecule has 0 atom stereocenters. The zero-order valence-electron chi connectivity index (χ0n) is 16.2. The van der Waals surface area contributed by atoms with Crippen molar-refractivity contribution >= 4 is 21.6 Å². The van der Waals surface area contributed by atoms with Gasteiger partial charge in [0.05, 0.1) is 17.3 Å². The first-order valence-corrected chi connectivity index (χ1v) is 10.1. The first-order chi connectivity index (χ1) is 14.1. The van der Waals surface area contributed by atoms with Crippen molar-refractivity contribution in [3.63, 3.8) is 0 Å². The summed E-state index contributed by atoms with van der Waals surface area (Å²) in [5.74, 6) is 1.09. The molecule has 4 aromatic rings. The smallest absolute Gasteiger partial charge is 0.257 e. The molecule has 0 aliphatic heterocycles. The molecule has 148 valence electrons. The third-order valence-electron chi connectivity index (χ3n) is 4.32. The Labute approximate surface area is 176 Å². The maximum absolute atomic E-state index is 5.88. The number of halogens is 1. The number of aromatic nitrogens is 5. The topological polar surface area (TPSA) is 74.4 Å². The summed E-state index contributed by atoms with van der Waals surface area (Å²) >= 11 is 3.41. The maximum atomic E-state index is 5.88. The first kappa shape index (κ1) is 19.3. The molecule has 7 nitrogen and oxygen atoms in total. The fourth-order valence-electron chi connectivity index (χ4n) is 2.92. The molecular weight excluding hydrogens is 434 g/mol. The summed E-state index contributed by atoms with van der Waals surface area (Å²) in [7, 11) is 0. The minimum Gasteiger partial charge on any atom is -0.488 e. The van der Waals surface area contributed by atoms with E-state index in [9.17, 15) is 0 Å². The Morgan fingerprint density at radius 3 is 2.66 bits per heavy atom. The minimum atomic E-state index is 0.381. The second kappa shape index (κ2) is 8.57. The SMILES string of the molecule is CCOc1cc(Cc2cnn3cc(Br)cnc23)cnc1OCc1ccc(C)nc1. The third-order valence-corrected chi connectivity index (χ3v) is 4.72. The van der Waals surface area contributed by atoms with Gasteiger partial charge in [-0.2, -0.15) is 5.10 Å². The van der Waals surface area contributed by atoms with Crippen molar-refractivity contribution in [2.24, 2.45) is 0 Å². The van der Waals surface area contributed by atoms with Gasteiger partial charge in [0, 0.05) is 48.0 Å². The molecule has 0 unspecified atom stereocenters. The van der Waals surface area contributed by atoms with Crippen molar-refractivity contribution in [2.45, 2.75) is 26.9 Å². The summed E-state index contributed by atoms with van der Waals surface area (Å²) in [6.45, 7) is 4.80. The Bertz CT molecular complexity index is 1130. The van der Waals surface area contributed by atoms with Gasteiger partial charge in [-0.25, -0.2) is 14.5 Å². The molecule has 0 amide bonds. The fourth-order valence-corrected chi connectivity index (χ4v) is 3.21. The molecule has 0 radical (unpaired) electrons. The molecule has 29 heavy (non-hydrogen) atoms. The monoisotopic (exact) mass is 453 g/mol. The standard InChI is InChI=1S/C21H20BrN5O2/c1-3-28-19-7-16(6-17-10-26-27-12-18(22)11-24-20(17)27)9-25-21(19)29-13-15-5-4-14(2)23-8-15/h4-5,7-12H,3,6,13H2,1-2H3. The minimum absolute atomic E-state index is 0.381. The van der Waals surface area contributed by atoms with Crippen LogP contribution in [0.3, 0.4) is 0 Å². The van der Waals surface area contributed by atoms with Gasteiger partial charge in [0.15, 0.2) is 11.4 Å². The molecule has 0 bridgehead atoms. The molecule has 0 spiro atoms. The van der Waals surface area contributed by atoms with Gasteiger partial charge in [0.25, 0.3) is 5.88 Å². The molecule has 4 heterocycles. The van der Waals surface area contributed by atoms with Crippen LogP contribution >= 0.6 is 15.9 Å². The fraction of sp³-hybridized carbons (Fsp3) is 0.238. The number of hydrogen-bond donors (Lipinski definition) is 0. The summed E-state index contributed by atoms with van der Waals surface area (Å²) in [6, 6.07) is 5.91. The van der Waals surface area contributed by atoms with E-state index >= 15 is 0 Å². The van der Waals surface area contributed by atoms with Crippen LogP contribution in [-0.2, 0) is 13.0 Å². The first-order valence-electron chi connectivity index (χ1n) is 9.26. The van der Waals surface area contributed by atoms with E-state index < -0.39 is 0 Å². The normalized spacial score (nSPS) is 11.0. The van der Waals surface area contributed by atoms with Crippen LogP contribution in [0.1, 0.15) is 29.3 Å². The Morgan fingerprint density at radius 1 is 1.00 bits per heavy atom. The van der Waals surface area contributed by atoms with Crippen molar-refractivity contribution in [3.05, 3.63) is 76.0 Å². The third kappa shape index (κ3) is 4.54. The van der Waals surface area contributed by atoms with Gasteiger partial charge in [0.1, 0.15) is 6.61 Å². The lowest BCUT2D eigenvalue weighted by atomic mass is 10.1. The van der Waals surface area contributed by atoms with Crippen LogP contribution in [0.25, 0.3) is 5.65 Å². The van der Waals surface area contributed by atoms with E-state index in [-0.39, 0.29) is 0 Å². The number of hydrogen-bond acceptors (Lipinski definition) is 6. The molecule has 0 aromatic carbocycles. The Balaban J connectivity index is 1.53. The predicted octanol–water partition coefficient (Wildman–Crippen LogP) is 4.16. The van der Waals surface area contributed by atoms with Crippen LogP contribution in [0.15, 0.2) is 53.7 Å². The molecule has 4 rings (SSSR count). The van der Waals surface area contributed by atoms with Gasteiger partial charge >= 0.3 is 0 Å². The van der Waals surface area contributed by atoms with E-state index in [1.807, 2.05) is 44.4 Å². The average Bonchev–Trinajstić information content (AvgIpc) is 3.10. The van der Waals surface area contributed by atoms with E-state index in [0.717, 1.165) is 32.5 Å². The zero-order chi connectivity index (χ0) is 20.2. The van der Waals surface area contributed by atoms with Crippen LogP contribution in [0, 0.1) is 6.92 Å². The molecule has 0 aliphatic rings. The van der Waals surface area contributed by atoms with Crippen LogP contribution in [-0.4, -0.2) is 31.2 Å². The van der Waals surface area contributed by atoms with E-state index in [1.54, 1.807) is 23.1 Å². The molecule has 0 saturated carbocycles. The lowest BCUT2D eigenvalue weighted by Crippen LogP contribution is -2.03. The maximum Gasteiger partial charge on any atom is 0.257 e. The summed E-state index contributed by atoms with van der Waals surface area (Å²) in [5, 5.41) is 4.36. The van der Waals surface area contributed by atoms with Crippen LogP contribution in [0.2, 0.25) is 0 Å². The Morgan fingerprint density at radius 2 is 1.86 bits per heavy atom. The highest BCUT2D eigenvalue weighted by atomic mass is 79.9. The molecule has 0 N–H and O–H groups in total. The van der Waals surface area contributed by atoms with E-state index in [4.69, 9.17) is 9.47 Å². The predicted molar refractivity (Wildman–Crippen MR) is 112 cm³/mol. The highest BCUT2D eigenvalue weighted by Gasteiger charge is 2.12. The van der Waals surface area contributed by atoms with Gasteiger partial charge in [-0.05, 0) is 47.5 Å². The second-order valence-corrected chi connectivity index (χ2v) is 7.48. The van der Waals surface area contributed by atoms with Gasteiger partial charge in [-0.3, -0.25) is 4.98 Å². The van der Waals surface area contributed by atoms with Crippen molar-refractivity contribution in [1.29, 1.82) is 0 Å². The molecule has 0 aliphatic carbocycles. The summed E-state index contributed by atoms with van der Waals surface area (Å²) < 4.78 is 14.3. The van der Waals surface area contributed by atoms with Crippen LogP contribution in [0.4, 0.5) is 0 Å². The average molecular weight is 454 g/mol. The quantitative estimate of drug-likeness (QED) is 0.418. The van der Waals surface area contributed by atoms with Crippen LogP contribution in [0.5, 0.6) is 11.6 Å². The van der Waals surface area contributed by atoms with Crippen LogP contribution < -0.4 is 9.47 Å². The number of ether oxygens (including phenoxy) is 2. The lowest BCUT2D eigenvalue weighted by molar-refractivity contribution is 0.258. The molecule has 0 fully saturated rings. The van der Waals surface area contributed by atoms with Gasteiger partial charge in [0.2, 0.25) is 0 Å². The second-order valence-electron chi connectivity index (χ2n) is 6.56. The molecule has 8 heteroatoms. The van der Waals surface area contributed by atoms with Crippen molar-refractivity contribution in [2.75, 3.05) is 6.61 Å². The Kier molecular flexibility index (Phi) is 5.71. The number of aryl methyl sites for hydroxylation is 1. The van der Waals surface area contributed by atoms with E-state index in [1.165, 1.54) is 0 Å². The van der Waals surface area contributed by atoms with Crippen molar-refractivity contribution in [3.8, 4) is 11.6 Å². The molecule has 0 saturated heterocycles.